The number of nitrogens with two attached hydrogens (primary N) is 1. The van der Waals surface area contributed by atoms with Crippen LogP contribution in [-0.4, -0.2) is 9.97 Å². The first-order chi connectivity index (χ1) is 8.43. The molecule has 2 heterocycles. The monoisotopic (exact) mass is 277 g/mol. The second-order valence-electron chi connectivity index (χ2n) is 3.35. The number of thiazole rings is 1. The van der Waals surface area contributed by atoms with Gasteiger partial charge in [-0.1, -0.05) is 0 Å². The summed E-state index contributed by atoms with van der Waals surface area (Å²) in [6.07, 6.45) is -2.38. The molecule has 3 nitrogen and oxygen atoms in total. The van der Waals surface area contributed by atoms with Gasteiger partial charge in [-0.25, -0.2) is 9.37 Å². The lowest BCUT2D eigenvalue weighted by molar-refractivity contribution is -0.141. The molecule has 2 rings (SSSR count). The minimum atomic E-state index is -4.59. The number of rotatable bonds is 2. The molecule has 0 amide bonds. The predicted molar refractivity (Wildman–Crippen MR) is 58.2 cm³/mol. The first kappa shape index (κ1) is 12.9. The molecule has 2 aromatic rings. The Bertz CT molecular complexity index is 564. The largest absolute Gasteiger partial charge is 0.434 e. The van der Waals surface area contributed by atoms with Crippen molar-refractivity contribution in [1.82, 2.24) is 9.97 Å². The molecular weight excluding hydrogens is 270 g/mol. The van der Waals surface area contributed by atoms with E-state index in [9.17, 15) is 17.6 Å². The third-order valence-corrected chi connectivity index (χ3v) is 3.27. The maximum absolute atomic E-state index is 13.4. The predicted octanol–water partition coefficient (Wildman–Crippen LogP) is 2.82. The standard InChI is InChI=1S/C10H7F4N3S/c11-6-4-16-2-1-5(6)9-17-8(10(12,13)14)7(3-15)18-9/h1-2,4H,3,15H2. The van der Waals surface area contributed by atoms with E-state index < -0.39 is 17.7 Å². The van der Waals surface area contributed by atoms with Crippen LogP contribution >= 0.6 is 11.3 Å². The highest BCUT2D eigenvalue weighted by atomic mass is 32.1. The molecule has 0 unspecified atom stereocenters. The molecule has 8 heteroatoms. The van der Waals surface area contributed by atoms with Gasteiger partial charge in [0.15, 0.2) is 11.5 Å². The van der Waals surface area contributed by atoms with Gasteiger partial charge >= 0.3 is 6.18 Å². The van der Waals surface area contributed by atoms with Gasteiger partial charge in [0.05, 0.1) is 11.1 Å². The van der Waals surface area contributed by atoms with E-state index in [1.165, 1.54) is 12.3 Å². The van der Waals surface area contributed by atoms with Crippen molar-refractivity contribution in [3.05, 3.63) is 34.8 Å². The first-order valence-corrected chi connectivity index (χ1v) is 5.62. The highest BCUT2D eigenvalue weighted by Crippen LogP contribution is 2.37. The molecule has 0 radical (unpaired) electrons. The second kappa shape index (κ2) is 4.62. The zero-order valence-electron chi connectivity index (χ0n) is 8.83. The van der Waals surface area contributed by atoms with Crippen LogP contribution < -0.4 is 5.73 Å². The number of hydrogen-bond acceptors (Lipinski definition) is 4. The average molecular weight is 277 g/mol. The summed E-state index contributed by atoms with van der Waals surface area (Å²) >= 11 is 0.730. The molecule has 0 aliphatic heterocycles. The molecule has 96 valence electrons. The minimum Gasteiger partial charge on any atom is -0.326 e. The lowest BCUT2D eigenvalue weighted by atomic mass is 10.2. The minimum absolute atomic E-state index is 0.0137. The van der Waals surface area contributed by atoms with Crippen molar-refractivity contribution in [3.8, 4) is 10.6 Å². The van der Waals surface area contributed by atoms with Gasteiger partial charge in [-0.15, -0.1) is 11.3 Å². The Hall–Kier alpha value is -1.54. The van der Waals surface area contributed by atoms with E-state index >= 15 is 0 Å². The van der Waals surface area contributed by atoms with Crippen LogP contribution in [0.4, 0.5) is 17.6 Å². The Morgan fingerprint density at radius 2 is 2.06 bits per heavy atom. The van der Waals surface area contributed by atoms with E-state index in [0.29, 0.717) is 0 Å². The summed E-state index contributed by atoms with van der Waals surface area (Å²) in [5, 5.41) is -0.0531. The van der Waals surface area contributed by atoms with Crippen LogP contribution in [0.3, 0.4) is 0 Å². The number of aromatic nitrogens is 2. The van der Waals surface area contributed by atoms with Gasteiger partial charge in [-0.3, -0.25) is 4.98 Å². The van der Waals surface area contributed by atoms with E-state index in [-0.39, 0.29) is 22.0 Å². The van der Waals surface area contributed by atoms with E-state index in [1.807, 2.05) is 0 Å². The summed E-state index contributed by atoms with van der Waals surface area (Å²) < 4.78 is 51.4. The third-order valence-electron chi connectivity index (χ3n) is 2.15. The number of halogens is 4. The Morgan fingerprint density at radius 1 is 1.33 bits per heavy atom. The summed E-state index contributed by atoms with van der Waals surface area (Å²) in [4.78, 5) is 6.84. The Kier molecular flexibility index (Phi) is 3.31. The van der Waals surface area contributed by atoms with Crippen molar-refractivity contribution in [2.75, 3.05) is 0 Å². The van der Waals surface area contributed by atoms with Crippen molar-refractivity contribution in [3.63, 3.8) is 0 Å². The molecule has 0 atom stereocenters. The topological polar surface area (TPSA) is 51.8 Å². The van der Waals surface area contributed by atoms with Crippen molar-refractivity contribution in [2.45, 2.75) is 12.7 Å². The van der Waals surface area contributed by atoms with Crippen LogP contribution in [0, 0.1) is 5.82 Å². The summed E-state index contributed by atoms with van der Waals surface area (Å²) in [6.45, 7) is -0.292. The summed E-state index contributed by atoms with van der Waals surface area (Å²) in [5.41, 5.74) is 4.17. The van der Waals surface area contributed by atoms with Crippen molar-refractivity contribution in [2.24, 2.45) is 5.73 Å². The highest BCUT2D eigenvalue weighted by molar-refractivity contribution is 7.15. The molecule has 0 aliphatic carbocycles. The van der Waals surface area contributed by atoms with E-state index in [1.54, 1.807) is 0 Å². The molecule has 0 bridgehead atoms. The van der Waals surface area contributed by atoms with Crippen LogP contribution in [0.5, 0.6) is 0 Å². The maximum Gasteiger partial charge on any atom is 0.434 e. The zero-order chi connectivity index (χ0) is 13.3. The van der Waals surface area contributed by atoms with E-state index in [4.69, 9.17) is 5.73 Å². The Balaban J connectivity index is 2.55. The maximum atomic E-state index is 13.4. The number of nitrogens with zero attached hydrogens (tertiary/aromatic N) is 2. The summed E-state index contributed by atoms with van der Waals surface area (Å²) in [5.74, 6) is -0.719. The number of hydrogen-bond donors (Lipinski definition) is 1. The van der Waals surface area contributed by atoms with Gasteiger partial charge < -0.3 is 5.73 Å². The highest BCUT2D eigenvalue weighted by Gasteiger charge is 2.37. The van der Waals surface area contributed by atoms with E-state index in [2.05, 4.69) is 9.97 Å². The van der Waals surface area contributed by atoms with Gasteiger partial charge in [0.2, 0.25) is 0 Å². The first-order valence-electron chi connectivity index (χ1n) is 4.80. The van der Waals surface area contributed by atoms with E-state index in [0.717, 1.165) is 17.5 Å². The molecular formula is C10H7F4N3S. The Labute approximate surface area is 103 Å². The lowest BCUT2D eigenvalue weighted by Crippen LogP contribution is -2.10. The Morgan fingerprint density at radius 3 is 2.56 bits per heavy atom. The van der Waals surface area contributed by atoms with Gasteiger partial charge in [0.25, 0.3) is 0 Å². The zero-order valence-corrected chi connectivity index (χ0v) is 9.65. The number of pyridine rings is 1. The smallest absolute Gasteiger partial charge is 0.326 e. The summed E-state index contributed by atoms with van der Waals surface area (Å²) in [6, 6.07) is 1.27. The van der Waals surface area contributed by atoms with Crippen molar-refractivity contribution in [1.29, 1.82) is 0 Å². The average Bonchev–Trinajstić information content (AvgIpc) is 2.73. The van der Waals surface area contributed by atoms with Crippen LogP contribution in [0.1, 0.15) is 10.6 Å². The molecule has 2 N–H and O–H groups in total. The molecule has 0 saturated heterocycles. The van der Waals surface area contributed by atoms with Crippen LogP contribution in [0.2, 0.25) is 0 Å². The fourth-order valence-electron chi connectivity index (χ4n) is 1.38. The lowest BCUT2D eigenvalue weighted by Gasteiger charge is -2.03. The van der Waals surface area contributed by atoms with Gasteiger partial charge in [-0.05, 0) is 6.07 Å². The van der Waals surface area contributed by atoms with Crippen LogP contribution in [-0.2, 0) is 12.7 Å². The third kappa shape index (κ3) is 2.34. The van der Waals surface area contributed by atoms with Gasteiger partial charge in [-0.2, -0.15) is 13.2 Å². The SMILES string of the molecule is NCc1sc(-c2ccncc2F)nc1C(F)(F)F. The normalized spacial score (nSPS) is 11.8. The molecule has 2 aromatic heterocycles. The molecule has 18 heavy (non-hydrogen) atoms. The van der Waals surface area contributed by atoms with Gasteiger partial charge in [0, 0.05) is 18.3 Å². The van der Waals surface area contributed by atoms with Crippen LogP contribution in [0.25, 0.3) is 10.6 Å². The summed E-state index contributed by atoms with van der Waals surface area (Å²) in [7, 11) is 0. The fourth-order valence-corrected chi connectivity index (χ4v) is 2.36. The molecule has 0 fully saturated rings. The molecule has 0 aliphatic rings. The second-order valence-corrected chi connectivity index (χ2v) is 4.43. The van der Waals surface area contributed by atoms with Crippen LogP contribution in [0.15, 0.2) is 18.5 Å². The molecule has 0 aromatic carbocycles. The number of alkyl halides is 3. The van der Waals surface area contributed by atoms with Gasteiger partial charge in [0.1, 0.15) is 5.01 Å². The van der Waals surface area contributed by atoms with Crippen molar-refractivity contribution >= 4 is 11.3 Å². The quantitative estimate of drug-likeness (QED) is 0.859. The van der Waals surface area contributed by atoms with Crippen molar-refractivity contribution < 1.29 is 17.6 Å². The molecule has 0 saturated carbocycles. The fraction of sp³-hybridized carbons (Fsp3) is 0.200. The molecule has 0 spiro atoms.